The average Bonchev–Trinajstić information content (AvgIpc) is 3.92. The van der Waals surface area contributed by atoms with Crippen LogP contribution in [-0.2, 0) is 0 Å². The predicted octanol–water partition coefficient (Wildman–Crippen LogP) is 10.0. The lowest BCUT2D eigenvalue weighted by molar-refractivity contribution is 0.479. The summed E-state index contributed by atoms with van der Waals surface area (Å²) in [5, 5.41) is 5.00. The van der Waals surface area contributed by atoms with E-state index in [2.05, 4.69) is 189 Å². The Balaban J connectivity index is 0.981. The van der Waals surface area contributed by atoms with Crippen molar-refractivity contribution in [2.75, 3.05) is 37.2 Å². The molecule has 0 amide bonds. The average molecular weight is 665 g/mol. The second kappa shape index (κ2) is 11.5. The highest BCUT2D eigenvalue weighted by Gasteiger charge is 2.27. The Morgan fingerprint density at radius 1 is 0.412 bits per heavy atom. The van der Waals surface area contributed by atoms with Crippen LogP contribution in [0, 0.1) is 0 Å². The fourth-order valence-electron chi connectivity index (χ4n) is 7.90. The van der Waals surface area contributed by atoms with Gasteiger partial charge in [0.1, 0.15) is 23.1 Å². The molecular weight excluding hydrogens is 629 g/mol. The van der Waals surface area contributed by atoms with Crippen molar-refractivity contribution in [1.29, 1.82) is 0 Å². The number of nitrogens with zero attached hydrogens (tertiary/aromatic N) is 6. The molecule has 0 aliphatic carbocycles. The maximum absolute atomic E-state index is 6.63. The van der Waals surface area contributed by atoms with Crippen molar-refractivity contribution in [1.82, 2.24) is 18.9 Å². The lowest BCUT2D eigenvalue weighted by atomic mass is 10.2. The summed E-state index contributed by atoms with van der Waals surface area (Å²) in [7, 11) is 4.25. The molecule has 0 atom stereocenters. The van der Waals surface area contributed by atoms with Gasteiger partial charge >= 0.3 is 0 Å². The zero-order chi connectivity index (χ0) is 34.1. The first kappa shape index (κ1) is 29.3. The summed E-state index contributed by atoms with van der Waals surface area (Å²) < 4.78 is 11.4. The number of hydrogen-bond acceptors (Lipinski definition) is 5. The summed E-state index contributed by atoms with van der Waals surface area (Å²) in [5.41, 5.74) is 6.90. The highest BCUT2D eigenvalue weighted by atomic mass is 16.5. The molecular formula is C44H36N6O. The summed E-state index contributed by atoms with van der Waals surface area (Å²) in [5.74, 6) is 3.79. The molecule has 248 valence electrons. The van der Waals surface area contributed by atoms with E-state index in [1.165, 1.54) is 43.6 Å². The zero-order valence-corrected chi connectivity index (χ0v) is 28.5. The van der Waals surface area contributed by atoms with Crippen LogP contribution in [0.4, 0.5) is 11.4 Å². The van der Waals surface area contributed by atoms with Crippen molar-refractivity contribution >= 4 is 66.6 Å². The molecule has 0 N–H and O–H groups in total. The molecule has 7 heteroatoms. The van der Waals surface area contributed by atoms with Gasteiger partial charge in [0.2, 0.25) is 0 Å². The molecule has 10 rings (SSSR count). The molecule has 4 heterocycles. The van der Waals surface area contributed by atoms with Crippen LogP contribution in [0.2, 0.25) is 0 Å². The Hall–Kier alpha value is -6.60. The van der Waals surface area contributed by atoms with E-state index in [1.807, 2.05) is 12.1 Å². The van der Waals surface area contributed by atoms with Gasteiger partial charge in [0.15, 0.2) is 0 Å². The minimum atomic E-state index is 0.732. The molecule has 2 aliphatic rings. The van der Waals surface area contributed by atoms with E-state index in [-0.39, 0.29) is 0 Å². The third-order valence-corrected chi connectivity index (χ3v) is 10.1. The quantitative estimate of drug-likeness (QED) is 0.177. The highest BCUT2D eigenvalue weighted by Crippen LogP contribution is 2.40. The Kier molecular flexibility index (Phi) is 6.61. The lowest BCUT2D eigenvalue weighted by Crippen LogP contribution is -2.26. The first-order valence-corrected chi connectivity index (χ1v) is 17.3. The van der Waals surface area contributed by atoms with E-state index in [4.69, 9.17) is 4.74 Å². The highest BCUT2D eigenvalue weighted by molar-refractivity contribution is 6.11. The number of hydrogen-bond donors (Lipinski definition) is 0. The zero-order valence-electron chi connectivity index (χ0n) is 28.5. The minimum absolute atomic E-state index is 0.732. The van der Waals surface area contributed by atoms with Gasteiger partial charge in [0, 0.05) is 71.5 Å². The number of fused-ring (bicyclic) bond motifs is 6. The molecule has 6 aromatic carbocycles. The Labute approximate surface area is 296 Å². The van der Waals surface area contributed by atoms with Crippen LogP contribution in [0.25, 0.3) is 55.3 Å². The van der Waals surface area contributed by atoms with E-state index in [0.717, 1.165) is 47.9 Å². The lowest BCUT2D eigenvalue weighted by Gasteiger charge is -2.25. The molecule has 51 heavy (non-hydrogen) atoms. The third-order valence-electron chi connectivity index (χ3n) is 10.1. The fraction of sp³-hybridized carbons (Fsp3) is 0.0909. The van der Waals surface area contributed by atoms with Crippen molar-refractivity contribution < 1.29 is 4.74 Å². The van der Waals surface area contributed by atoms with E-state index in [9.17, 15) is 0 Å². The summed E-state index contributed by atoms with van der Waals surface area (Å²) in [6.45, 7) is 1.46. The monoisotopic (exact) mass is 664 g/mol. The van der Waals surface area contributed by atoms with Crippen molar-refractivity contribution in [3.8, 4) is 11.5 Å². The van der Waals surface area contributed by atoms with Crippen molar-refractivity contribution in [2.45, 2.75) is 0 Å². The normalized spacial score (nSPS) is 14.8. The fourth-order valence-corrected chi connectivity index (χ4v) is 7.90. The van der Waals surface area contributed by atoms with Crippen molar-refractivity contribution in [2.24, 2.45) is 0 Å². The van der Waals surface area contributed by atoms with E-state index in [0.29, 0.717) is 0 Å². The molecule has 0 bridgehead atoms. The maximum atomic E-state index is 6.63. The minimum Gasteiger partial charge on any atom is -0.457 e. The summed E-state index contributed by atoms with van der Waals surface area (Å²) in [6.07, 6.45) is 4.45. The number of ether oxygens (including phenoxy) is 1. The molecule has 0 saturated heterocycles. The van der Waals surface area contributed by atoms with Crippen LogP contribution < -0.4 is 14.5 Å². The third kappa shape index (κ3) is 4.73. The first-order chi connectivity index (χ1) is 25.1. The summed E-state index contributed by atoms with van der Waals surface area (Å²) >= 11 is 0. The molecule has 7 nitrogen and oxygen atoms in total. The summed E-state index contributed by atoms with van der Waals surface area (Å²) in [6, 6.07) is 51.4. The second-order valence-corrected chi connectivity index (χ2v) is 13.5. The maximum Gasteiger partial charge on any atom is 0.136 e. The summed E-state index contributed by atoms with van der Waals surface area (Å²) in [4.78, 5) is 9.16. The standard InChI is InChI=1S/C44H36N6O/c1-45-27-43(49-39-21-7-3-17-35(39)36-18-4-8-22-40(36)49)47(29-45)31-13-11-15-33(25-31)51-34-16-12-14-32(26-34)48-30-46(2)28-44(48)50-41-23-9-5-19-37(41)38-20-6-10-24-42(38)50/h3-28H,29-30H2,1-2H3. The van der Waals surface area contributed by atoms with Gasteiger partial charge in [0.25, 0.3) is 0 Å². The Morgan fingerprint density at radius 3 is 1.14 bits per heavy atom. The molecule has 2 aromatic heterocycles. The van der Waals surface area contributed by atoms with Crippen LogP contribution in [0.3, 0.4) is 0 Å². The van der Waals surface area contributed by atoms with Gasteiger partial charge in [-0.1, -0.05) is 84.9 Å². The predicted molar refractivity (Wildman–Crippen MR) is 211 cm³/mol. The molecule has 0 unspecified atom stereocenters. The Bertz CT molecular complexity index is 2410. The number of aromatic nitrogens is 2. The Morgan fingerprint density at radius 2 is 0.765 bits per heavy atom. The number of rotatable bonds is 6. The SMILES string of the molecule is CN1C=C(n2c3ccccc3c3ccccc32)N(c2cccc(Oc3cccc(N4CN(C)C=C4n4c5ccccc5c5ccccc54)c3)c2)C1. The van der Waals surface area contributed by atoms with Gasteiger partial charge in [0.05, 0.1) is 35.4 Å². The van der Waals surface area contributed by atoms with Crippen molar-refractivity contribution in [3.63, 3.8) is 0 Å². The molecule has 0 spiro atoms. The van der Waals surface area contributed by atoms with Crippen LogP contribution in [0.15, 0.2) is 158 Å². The van der Waals surface area contributed by atoms with E-state index < -0.39 is 0 Å². The second-order valence-electron chi connectivity index (χ2n) is 13.5. The largest absolute Gasteiger partial charge is 0.457 e. The molecule has 2 aliphatic heterocycles. The van der Waals surface area contributed by atoms with Crippen molar-refractivity contribution in [3.05, 3.63) is 158 Å². The molecule has 8 aromatic rings. The smallest absolute Gasteiger partial charge is 0.136 e. The van der Waals surface area contributed by atoms with Crippen LogP contribution in [0.5, 0.6) is 11.5 Å². The van der Waals surface area contributed by atoms with Gasteiger partial charge < -0.3 is 24.3 Å². The van der Waals surface area contributed by atoms with Crippen LogP contribution >= 0.6 is 0 Å². The topological polar surface area (TPSA) is 32.1 Å². The van der Waals surface area contributed by atoms with Gasteiger partial charge in [-0.15, -0.1) is 0 Å². The van der Waals surface area contributed by atoms with E-state index in [1.54, 1.807) is 0 Å². The van der Waals surface area contributed by atoms with E-state index >= 15 is 0 Å². The first-order valence-electron chi connectivity index (χ1n) is 17.3. The van der Waals surface area contributed by atoms with Crippen LogP contribution in [-0.4, -0.2) is 46.4 Å². The molecule has 0 fully saturated rings. The number of benzene rings is 6. The molecule has 0 saturated carbocycles. The van der Waals surface area contributed by atoms with Gasteiger partial charge in [-0.3, -0.25) is 9.13 Å². The number of anilines is 2. The van der Waals surface area contributed by atoms with Gasteiger partial charge in [-0.25, -0.2) is 0 Å². The van der Waals surface area contributed by atoms with Gasteiger partial charge in [-0.2, -0.15) is 0 Å². The number of para-hydroxylation sites is 4. The van der Waals surface area contributed by atoms with Gasteiger partial charge in [-0.05, 0) is 48.5 Å². The molecule has 0 radical (unpaired) electrons. The van der Waals surface area contributed by atoms with Crippen LogP contribution in [0.1, 0.15) is 0 Å².